The zero-order valence-electron chi connectivity index (χ0n) is 15.0. The van der Waals surface area contributed by atoms with Crippen molar-refractivity contribution in [2.45, 2.75) is 17.7 Å². The highest BCUT2D eigenvalue weighted by molar-refractivity contribution is 7.89. The molecule has 1 aliphatic heterocycles. The van der Waals surface area contributed by atoms with Crippen LogP contribution in [0.25, 0.3) is 10.2 Å². The third kappa shape index (κ3) is 3.52. The maximum Gasteiger partial charge on any atom is 0.307 e. The lowest BCUT2D eigenvalue weighted by Crippen LogP contribution is -2.29. The fraction of sp³-hybridized carbons (Fsp3) is 0.316. The Morgan fingerprint density at radius 2 is 2.00 bits per heavy atom. The van der Waals surface area contributed by atoms with E-state index in [0.29, 0.717) is 11.2 Å². The second kappa shape index (κ2) is 7.10. The van der Waals surface area contributed by atoms with Gasteiger partial charge in [0.15, 0.2) is 0 Å². The number of nitrogens with zero attached hydrogens (tertiary/aromatic N) is 2. The molecule has 0 radical (unpaired) electrons. The van der Waals surface area contributed by atoms with Crippen LogP contribution in [0.3, 0.4) is 0 Å². The molecular formula is C19H21N3O3S2. The van der Waals surface area contributed by atoms with Gasteiger partial charge in [-0.2, -0.15) is 0 Å². The Hall–Kier alpha value is -2.16. The highest BCUT2D eigenvalue weighted by atomic mass is 32.2. The first-order chi connectivity index (χ1) is 13.0. The third-order valence-electron chi connectivity index (χ3n) is 4.95. The Labute approximate surface area is 162 Å². The molecule has 27 heavy (non-hydrogen) atoms. The fourth-order valence-electron chi connectivity index (χ4n) is 3.48. The maximum atomic E-state index is 12.6. The van der Waals surface area contributed by atoms with E-state index >= 15 is 0 Å². The second-order valence-corrected chi connectivity index (χ2v) is 9.43. The van der Waals surface area contributed by atoms with E-state index in [2.05, 4.69) is 27.8 Å². The molecule has 1 aromatic heterocycles. The van der Waals surface area contributed by atoms with Crippen LogP contribution in [0.5, 0.6) is 0 Å². The highest BCUT2D eigenvalue weighted by Crippen LogP contribution is 2.27. The first-order valence-electron chi connectivity index (χ1n) is 8.88. The fourth-order valence-corrected chi connectivity index (χ4v) is 5.57. The highest BCUT2D eigenvalue weighted by Gasteiger charge is 2.19. The minimum Gasteiger partial charge on any atom is -0.371 e. The van der Waals surface area contributed by atoms with Crippen molar-refractivity contribution in [1.82, 2.24) is 9.29 Å². The predicted molar refractivity (Wildman–Crippen MR) is 109 cm³/mol. The van der Waals surface area contributed by atoms with Crippen molar-refractivity contribution < 1.29 is 8.42 Å². The molecule has 0 aliphatic carbocycles. The minimum atomic E-state index is -3.58. The van der Waals surface area contributed by atoms with Gasteiger partial charge >= 0.3 is 4.87 Å². The van der Waals surface area contributed by atoms with E-state index in [1.165, 1.54) is 15.8 Å². The number of fused-ring (bicyclic) bond motifs is 2. The number of benzene rings is 2. The molecule has 0 spiro atoms. The van der Waals surface area contributed by atoms with Gasteiger partial charge in [0.2, 0.25) is 10.0 Å². The molecule has 142 valence electrons. The summed E-state index contributed by atoms with van der Waals surface area (Å²) < 4.78 is 30.0. The van der Waals surface area contributed by atoms with Gasteiger partial charge in [0.1, 0.15) is 0 Å². The van der Waals surface area contributed by atoms with Crippen molar-refractivity contribution in [3.8, 4) is 0 Å². The van der Waals surface area contributed by atoms with Gasteiger partial charge in [0.25, 0.3) is 0 Å². The van der Waals surface area contributed by atoms with E-state index in [4.69, 9.17) is 0 Å². The van der Waals surface area contributed by atoms with Crippen LogP contribution in [0.15, 0.2) is 52.2 Å². The van der Waals surface area contributed by atoms with Crippen molar-refractivity contribution in [2.24, 2.45) is 7.05 Å². The Balaban J connectivity index is 1.39. The number of anilines is 1. The maximum absolute atomic E-state index is 12.6. The lowest BCUT2D eigenvalue weighted by Gasteiger charge is -2.19. The summed E-state index contributed by atoms with van der Waals surface area (Å²) in [7, 11) is -1.90. The average molecular weight is 404 g/mol. The van der Waals surface area contributed by atoms with E-state index in [0.717, 1.165) is 42.8 Å². The molecule has 3 aromatic rings. The standard InChI is InChI=1S/C19H21N3O3S2/c1-21-17-8-7-15(13-18(17)26-19(21)23)27(24,25)20-10-4-11-22-12-9-14-5-2-3-6-16(14)22/h2-3,5-8,13,20H,4,9-12H2,1H3. The van der Waals surface area contributed by atoms with Crippen molar-refractivity contribution >= 4 is 37.3 Å². The van der Waals surface area contributed by atoms with Gasteiger partial charge in [-0.3, -0.25) is 4.79 Å². The van der Waals surface area contributed by atoms with Gasteiger partial charge in [-0.1, -0.05) is 29.5 Å². The van der Waals surface area contributed by atoms with Crippen LogP contribution in [0.2, 0.25) is 0 Å². The van der Waals surface area contributed by atoms with Crippen molar-refractivity contribution in [3.05, 3.63) is 57.7 Å². The van der Waals surface area contributed by atoms with Crippen molar-refractivity contribution in [1.29, 1.82) is 0 Å². The molecule has 2 heterocycles. The summed E-state index contributed by atoms with van der Waals surface area (Å²) in [5.74, 6) is 0. The summed E-state index contributed by atoms with van der Waals surface area (Å²) in [5.41, 5.74) is 3.36. The van der Waals surface area contributed by atoms with Crippen LogP contribution in [0.1, 0.15) is 12.0 Å². The van der Waals surface area contributed by atoms with Crippen molar-refractivity contribution in [2.75, 3.05) is 24.5 Å². The molecule has 0 saturated carbocycles. The molecule has 0 amide bonds. The molecular weight excluding hydrogens is 382 g/mol. The monoisotopic (exact) mass is 403 g/mol. The van der Waals surface area contributed by atoms with Gasteiger partial charge in [0.05, 0.1) is 15.1 Å². The number of sulfonamides is 1. The lowest BCUT2D eigenvalue weighted by atomic mass is 10.2. The number of thiazole rings is 1. The molecule has 1 N–H and O–H groups in total. The first kappa shape index (κ1) is 18.2. The molecule has 4 rings (SSSR count). The number of hydrogen-bond donors (Lipinski definition) is 1. The lowest BCUT2D eigenvalue weighted by molar-refractivity contribution is 0.578. The van der Waals surface area contributed by atoms with Crippen LogP contribution in [0, 0.1) is 0 Å². The Kier molecular flexibility index (Phi) is 4.79. The molecule has 0 saturated heterocycles. The molecule has 0 unspecified atom stereocenters. The molecule has 2 aromatic carbocycles. The zero-order valence-corrected chi connectivity index (χ0v) is 16.6. The van der Waals surface area contributed by atoms with Gasteiger partial charge < -0.3 is 9.47 Å². The number of hydrogen-bond acceptors (Lipinski definition) is 5. The van der Waals surface area contributed by atoms with E-state index in [1.54, 1.807) is 25.2 Å². The van der Waals surface area contributed by atoms with Gasteiger partial charge in [-0.15, -0.1) is 0 Å². The summed E-state index contributed by atoms with van der Waals surface area (Å²) in [4.78, 5) is 14.1. The Bertz CT molecular complexity index is 1150. The van der Waals surface area contributed by atoms with E-state index in [-0.39, 0.29) is 9.77 Å². The predicted octanol–water partition coefficient (Wildman–Crippen LogP) is 2.33. The van der Waals surface area contributed by atoms with Crippen LogP contribution in [0.4, 0.5) is 5.69 Å². The van der Waals surface area contributed by atoms with Crippen LogP contribution < -0.4 is 14.5 Å². The van der Waals surface area contributed by atoms with Crippen LogP contribution >= 0.6 is 11.3 Å². The second-order valence-electron chi connectivity index (χ2n) is 6.67. The normalized spacial score (nSPS) is 14.0. The smallest absolute Gasteiger partial charge is 0.307 e. The third-order valence-corrected chi connectivity index (χ3v) is 7.41. The molecule has 6 nitrogen and oxygen atoms in total. The van der Waals surface area contributed by atoms with Gasteiger partial charge in [0, 0.05) is 32.4 Å². The molecule has 1 aliphatic rings. The molecule has 0 fully saturated rings. The Morgan fingerprint density at radius 3 is 2.85 bits per heavy atom. The first-order valence-corrected chi connectivity index (χ1v) is 11.2. The molecule has 0 bridgehead atoms. The van der Waals surface area contributed by atoms with E-state index in [9.17, 15) is 13.2 Å². The topological polar surface area (TPSA) is 71.4 Å². The summed E-state index contributed by atoms with van der Waals surface area (Å²) >= 11 is 1.06. The molecule has 8 heteroatoms. The van der Waals surface area contributed by atoms with E-state index in [1.807, 2.05) is 6.07 Å². The van der Waals surface area contributed by atoms with E-state index < -0.39 is 10.0 Å². The summed E-state index contributed by atoms with van der Waals surface area (Å²) in [6, 6.07) is 13.2. The summed E-state index contributed by atoms with van der Waals surface area (Å²) in [6.45, 7) is 2.18. The SMILES string of the molecule is Cn1c(=O)sc2cc(S(=O)(=O)NCCCN3CCc4ccccc43)ccc21. The van der Waals surface area contributed by atoms with Crippen molar-refractivity contribution in [3.63, 3.8) is 0 Å². The number of aryl methyl sites for hydroxylation is 1. The average Bonchev–Trinajstić information content (AvgIpc) is 3.20. The summed E-state index contributed by atoms with van der Waals surface area (Å²) in [6.07, 6.45) is 1.77. The van der Waals surface area contributed by atoms with Crippen LogP contribution in [-0.2, 0) is 23.5 Å². The van der Waals surface area contributed by atoms with Crippen LogP contribution in [-0.4, -0.2) is 32.6 Å². The summed E-state index contributed by atoms with van der Waals surface area (Å²) in [5, 5.41) is 0. The number of nitrogens with one attached hydrogen (secondary N) is 1. The number of rotatable bonds is 6. The van der Waals surface area contributed by atoms with Gasteiger partial charge in [-0.05, 0) is 42.7 Å². The quantitative estimate of drug-likeness (QED) is 0.642. The largest absolute Gasteiger partial charge is 0.371 e. The number of para-hydroxylation sites is 1. The minimum absolute atomic E-state index is 0.0987. The van der Waals surface area contributed by atoms with Gasteiger partial charge in [-0.25, -0.2) is 13.1 Å². The molecule has 0 atom stereocenters. The Morgan fingerprint density at radius 1 is 1.19 bits per heavy atom. The number of aromatic nitrogens is 1. The zero-order chi connectivity index (χ0) is 19.0.